The zero-order valence-corrected chi connectivity index (χ0v) is 16.3. The fraction of sp³-hybridized carbons (Fsp3) is 0.350. The largest absolute Gasteiger partial charge is 0.497 e. The van der Waals surface area contributed by atoms with Crippen molar-refractivity contribution in [3.63, 3.8) is 0 Å². The minimum absolute atomic E-state index is 0.0366. The van der Waals surface area contributed by atoms with Crippen molar-refractivity contribution in [3.8, 4) is 5.75 Å². The van der Waals surface area contributed by atoms with Gasteiger partial charge in [-0.2, -0.15) is 0 Å². The summed E-state index contributed by atoms with van der Waals surface area (Å²) >= 11 is 0. The minimum atomic E-state index is -3.84. The molecule has 1 amide bonds. The van der Waals surface area contributed by atoms with Gasteiger partial charge in [0.1, 0.15) is 5.75 Å². The summed E-state index contributed by atoms with van der Waals surface area (Å²) < 4.78 is 28.3. The Bertz CT molecular complexity index is 939. The molecule has 144 valence electrons. The van der Waals surface area contributed by atoms with Crippen LogP contribution in [0.25, 0.3) is 0 Å². The Labute approximate surface area is 160 Å². The minimum Gasteiger partial charge on any atom is -0.497 e. The van der Waals surface area contributed by atoms with Gasteiger partial charge in [0, 0.05) is 18.7 Å². The summed E-state index contributed by atoms with van der Waals surface area (Å²) in [4.78, 5) is 14.7. The molecule has 0 saturated carbocycles. The fourth-order valence-electron chi connectivity index (χ4n) is 3.46. The SMILES string of the molecule is COc1ccc(CC2CCN(C(=O)c3cc(S(N)(=O)=O)ccc3C)C2)cc1. The molecular weight excluding hydrogens is 364 g/mol. The van der Waals surface area contributed by atoms with E-state index in [1.54, 1.807) is 25.0 Å². The van der Waals surface area contributed by atoms with Crippen LogP contribution >= 0.6 is 0 Å². The molecule has 6 nitrogen and oxygen atoms in total. The number of benzene rings is 2. The van der Waals surface area contributed by atoms with Crippen LogP contribution in [0.5, 0.6) is 5.75 Å². The Morgan fingerprint density at radius 2 is 1.93 bits per heavy atom. The summed E-state index contributed by atoms with van der Waals surface area (Å²) in [5.74, 6) is 1.06. The number of aryl methyl sites for hydroxylation is 1. The Hall–Kier alpha value is -2.38. The Morgan fingerprint density at radius 3 is 2.56 bits per heavy atom. The molecule has 2 aromatic carbocycles. The number of sulfonamides is 1. The van der Waals surface area contributed by atoms with E-state index in [4.69, 9.17) is 9.88 Å². The molecule has 0 spiro atoms. The molecule has 0 radical (unpaired) electrons. The van der Waals surface area contributed by atoms with E-state index < -0.39 is 10.0 Å². The molecule has 0 aliphatic carbocycles. The number of likely N-dealkylation sites (tertiary alicyclic amines) is 1. The van der Waals surface area contributed by atoms with Crippen LogP contribution in [0.4, 0.5) is 0 Å². The maximum absolute atomic E-state index is 12.9. The van der Waals surface area contributed by atoms with Gasteiger partial charge in [-0.05, 0) is 61.1 Å². The van der Waals surface area contributed by atoms with Gasteiger partial charge < -0.3 is 9.64 Å². The molecule has 1 atom stereocenters. The molecule has 0 bridgehead atoms. The summed E-state index contributed by atoms with van der Waals surface area (Å²) in [6.45, 7) is 3.12. The van der Waals surface area contributed by atoms with Gasteiger partial charge in [-0.1, -0.05) is 18.2 Å². The van der Waals surface area contributed by atoms with Gasteiger partial charge in [-0.3, -0.25) is 4.79 Å². The Kier molecular flexibility index (Phi) is 5.53. The van der Waals surface area contributed by atoms with Gasteiger partial charge in [-0.25, -0.2) is 13.6 Å². The molecule has 1 unspecified atom stereocenters. The summed E-state index contributed by atoms with van der Waals surface area (Å²) in [5.41, 5.74) is 2.35. The van der Waals surface area contributed by atoms with Crippen LogP contribution in [-0.2, 0) is 16.4 Å². The molecular formula is C20H24N2O4S. The number of carbonyl (C=O) groups is 1. The van der Waals surface area contributed by atoms with E-state index in [2.05, 4.69) is 0 Å². The maximum atomic E-state index is 12.9. The summed E-state index contributed by atoms with van der Waals surface area (Å²) in [5, 5.41) is 5.20. The number of nitrogens with two attached hydrogens (primary N) is 1. The monoisotopic (exact) mass is 388 g/mol. The average Bonchev–Trinajstić information content (AvgIpc) is 3.09. The third kappa shape index (κ3) is 4.48. The van der Waals surface area contributed by atoms with E-state index in [-0.39, 0.29) is 10.8 Å². The predicted octanol–water partition coefficient (Wildman–Crippen LogP) is 2.36. The van der Waals surface area contributed by atoms with Crippen LogP contribution in [0.2, 0.25) is 0 Å². The first-order valence-electron chi connectivity index (χ1n) is 8.83. The Morgan fingerprint density at radius 1 is 1.22 bits per heavy atom. The lowest BCUT2D eigenvalue weighted by molar-refractivity contribution is 0.0786. The van der Waals surface area contributed by atoms with Crippen LogP contribution in [0, 0.1) is 12.8 Å². The number of rotatable bonds is 5. The smallest absolute Gasteiger partial charge is 0.254 e. The van der Waals surface area contributed by atoms with Gasteiger partial charge in [0.2, 0.25) is 10.0 Å². The second-order valence-corrected chi connectivity index (χ2v) is 8.54. The summed E-state index contributed by atoms with van der Waals surface area (Å²) in [6, 6.07) is 12.4. The highest BCUT2D eigenvalue weighted by atomic mass is 32.2. The normalized spacial score (nSPS) is 17.1. The molecule has 2 aromatic rings. The van der Waals surface area contributed by atoms with Crippen molar-refractivity contribution in [1.82, 2.24) is 4.90 Å². The molecule has 1 fully saturated rings. The molecule has 27 heavy (non-hydrogen) atoms. The van der Waals surface area contributed by atoms with Gasteiger partial charge in [0.05, 0.1) is 12.0 Å². The van der Waals surface area contributed by atoms with Gasteiger partial charge in [-0.15, -0.1) is 0 Å². The first-order chi connectivity index (χ1) is 12.8. The lowest BCUT2D eigenvalue weighted by Crippen LogP contribution is -2.30. The van der Waals surface area contributed by atoms with Crippen molar-refractivity contribution >= 4 is 15.9 Å². The number of nitrogens with zero attached hydrogens (tertiary/aromatic N) is 1. The standard InChI is InChI=1S/C20H24N2O4S/c1-14-3-8-18(27(21,24)25)12-19(14)20(23)22-10-9-16(13-22)11-15-4-6-17(26-2)7-5-15/h3-8,12,16H,9-11,13H2,1-2H3,(H2,21,24,25). The van der Waals surface area contributed by atoms with Gasteiger partial charge in [0.15, 0.2) is 0 Å². The number of hydrogen-bond acceptors (Lipinski definition) is 4. The van der Waals surface area contributed by atoms with Crippen molar-refractivity contribution in [1.29, 1.82) is 0 Å². The zero-order valence-electron chi connectivity index (χ0n) is 15.5. The summed E-state index contributed by atoms with van der Waals surface area (Å²) in [7, 11) is -2.20. The molecule has 0 aromatic heterocycles. The van der Waals surface area contributed by atoms with Crippen molar-refractivity contribution in [2.45, 2.75) is 24.7 Å². The molecule has 2 N–H and O–H groups in total. The fourth-order valence-corrected chi connectivity index (χ4v) is 4.00. The number of ether oxygens (including phenoxy) is 1. The van der Waals surface area contributed by atoms with E-state index in [1.807, 2.05) is 24.3 Å². The van der Waals surface area contributed by atoms with E-state index in [1.165, 1.54) is 17.7 Å². The first kappa shape index (κ1) is 19.4. The lowest BCUT2D eigenvalue weighted by Gasteiger charge is -2.18. The van der Waals surface area contributed by atoms with E-state index in [9.17, 15) is 13.2 Å². The number of primary sulfonamides is 1. The van der Waals surface area contributed by atoms with Crippen molar-refractivity contribution < 1.29 is 17.9 Å². The van der Waals surface area contributed by atoms with Crippen LogP contribution in [0.3, 0.4) is 0 Å². The highest BCUT2D eigenvalue weighted by Crippen LogP contribution is 2.25. The number of methoxy groups -OCH3 is 1. The highest BCUT2D eigenvalue weighted by Gasteiger charge is 2.28. The second-order valence-electron chi connectivity index (χ2n) is 6.98. The molecule has 1 aliphatic heterocycles. The zero-order chi connectivity index (χ0) is 19.6. The highest BCUT2D eigenvalue weighted by molar-refractivity contribution is 7.89. The lowest BCUT2D eigenvalue weighted by atomic mass is 9.99. The third-order valence-electron chi connectivity index (χ3n) is 5.02. The van der Waals surface area contributed by atoms with Crippen LogP contribution in [0.1, 0.15) is 27.9 Å². The third-order valence-corrected chi connectivity index (χ3v) is 5.94. The van der Waals surface area contributed by atoms with Crippen LogP contribution < -0.4 is 9.88 Å². The quantitative estimate of drug-likeness (QED) is 0.851. The van der Waals surface area contributed by atoms with E-state index >= 15 is 0 Å². The van der Waals surface area contributed by atoms with Gasteiger partial charge >= 0.3 is 0 Å². The average molecular weight is 388 g/mol. The predicted molar refractivity (Wildman–Crippen MR) is 103 cm³/mol. The number of amides is 1. The van der Waals surface area contributed by atoms with Crippen molar-refractivity contribution in [3.05, 3.63) is 59.2 Å². The van der Waals surface area contributed by atoms with Crippen molar-refractivity contribution in [2.75, 3.05) is 20.2 Å². The van der Waals surface area contributed by atoms with E-state index in [0.29, 0.717) is 24.6 Å². The van der Waals surface area contributed by atoms with Crippen LogP contribution in [-0.4, -0.2) is 39.4 Å². The Balaban J connectivity index is 1.70. The number of hydrogen-bond donors (Lipinski definition) is 1. The molecule has 7 heteroatoms. The van der Waals surface area contributed by atoms with Crippen molar-refractivity contribution in [2.24, 2.45) is 11.1 Å². The maximum Gasteiger partial charge on any atom is 0.254 e. The van der Waals surface area contributed by atoms with Crippen LogP contribution in [0.15, 0.2) is 47.4 Å². The van der Waals surface area contributed by atoms with Gasteiger partial charge in [0.25, 0.3) is 5.91 Å². The van der Waals surface area contributed by atoms with E-state index in [0.717, 1.165) is 24.2 Å². The molecule has 1 saturated heterocycles. The molecule has 1 aliphatic rings. The second kappa shape index (κ2) is 7.70. The topological polar surface area (TPSA) is 89.7 Å². The number of carbonyl (C=O) groups excluding carboxylic acids is 1. The summed E-state index contributed by atoms with van der Waals surface area (Å²) in [6.07, 6.45) is 1.82. The molecule has 3 rings (SSSR count). The first-order valence-corrected chi connectivity index (χ1v) is 10.4. The molecule has 1 heterocycles.